The normalized spacial score (nSPS) is 11.5. The van der Waals surface area contributed by atoms with Gasteiger partial charge in [0.15, 0.2) is 0 Å². The van der Waals surface area contributed by atoms with E-state index in [0.29, 0.717) is 17.2 Å². The van der Waals surface area contributed by atoms with Gasteiger partial charge in [-0.3, -0.25) is 4.79 Å². The summed E-state index contributed by atoms with van der Waals surface area (Å²) in [6, 6.07) is 3.55. The number of nitrogens with one attached hydrogen (secondary N) is 1. The van der Waals surface area contributed by atoms with Crippen LogP contribution in [0, 0.1) is 0 Å². The molecule has 0 aliphatic rings. The van der Waals surface area contributed by atoms with Crippen LogP contribution in [0.2, 0.25) is 4.34 Å². The van der Waals surface area contributed by atoms with E-state index in [1.54, 1.807) is 12.1 Å². The molecule has 1 rings (SSSR count). The van der Waals surface area contributed by atoms with Gasteiger partial charge >= 0.3 is 0 Å². The minimum Gasteiger partial charge on any atom is -0.326 e. The van der Waals surface area contributed by atoms with Gasteiger partial charge in [-0.1, -0.05) is 11.6 Å². The molecule has 0 unspecified atom stereocenters. The standard InChI is InChI=1S/C10H15ClN2OS/c1-10(2,12)6-5-8(14)13-9-4-3-7(11)15-9/h3-4H,5-6,12H2,1-2H3,(H,13,14). The Hall–Kier alpha value is -0.580. The first-order valence-corrected chi connectivity index (χ1v) is 5.90. The minimum absolute atomic E-state index is 0.0213. The summed E-state index contributed by atoms with van der Waals surface area (Å²) in [6.45, 7) is 3.81. The molecule has 0 spiro atoms. The predicted octanol–water partition coefficient (Wildman–Crippen LogP) is 2.86. The van der Waals surface area contributed by atoms with Crippen LogP contribution in [0.4, 0.5) is 5.00 Å². The lowest BCUT2D eigenvalue weighted by Crippen LogP contribution is -2.33. The highest BCUT2D eigenvalue weighted by Gasteiger charge is 2.13. The van der Waals surface area contributed by atoms with Crippen LogP contribution in [0.25, 0.3) is 0 Å². The Morgan fingerprint density at radius 3 is 2.73 bits per heavy atom. The molecular formula is C10H15ClN2OS. The molecule has 1 heterocycles. The molecular weight excluding hydrogens is 232 g/mol. The average molecular weight is 247 g/mol. The maximum Gasteiger partial charge on any atom is 0.225 e. The van der Waals surface area contributed by atoms with Crippen molar-refractivity contribution in [3.05, 3.63) is 16.5 Å². The number of carbonyl (C=O) groups is 1. The molecule has 0 saturated carbocycles. The first-order valence-electron chi connectivity index (χ1n) is 4.71. The van der Waals surface area contributed by atoms with E-state index in [1.165, 1.54) is 11.3 Å². The monoisotopic (exact) mass is 246 g/mol. The highest BCUT2D eigenvalue weighted by Crippen LogP contribution is 2.26. The van der Waals surface area contributed by atoms with Crippen LogP contribution in [-0.4, -0.2) is 11.4 Å². The van der Waals surface area contributed by atoms with Gasteiger partial charge in [0, 0.05) is 12.0 Å². The number of rotatable bonds is 4. The summed E-state index contributed by atoms with van der Waals surface area (Å²) in [4.78, 5) is 11.5. The Balaban J connectivity index is 2.37. The zero-order valence-electron chi connectivity index (χ0n) is 8.84. The van der Waals surface area contributed by atoms with Crippen molar-refractivity contribution in [2.75, 3.05) is 5.32 Å². The molecule has 15 heavy (non-hydrogen) atoms. The molecule has 1 aromatic heterocycles. The first-order chi connectivity index (χ1) is 6.87. The molecule has 0 atom stereocenters. The largest absolute Gasteiger partial charge is 0.326 e. The number of nitrogens with two attached hydrogens (primary N) is 1. The number of thiophene rings is 1. The van der Waals surface area contributed by atoms with Gasteiger partial charge in [0.05, 0.1) is 9.34 Å². The summed E-state index contributed by atoms with van der Waals surface area (Å²) in [7, 11) is 0. The van der Waals surface area contributed by atoms with Crippen molar-refractivity contribution in [2.24, 2.45) is 5.73 Å². The van der Waals surface area contributed by atoms with Gasteiger partial charge in [-0.2, -0.15) is 0 Å². The number of amides is 1. The molecule has 0 radical (unpaired) electrons. The van der Waals surface area contributed by atoms with Crippen LogP contribution >= 0.6 is 22.9 Å². The summed E-state index contributed by atoms with van der Waals surface area (Å²) >= 11 is 7.09. The van der Waals surface area contributed by atoms with Gasteiger partial charge in [0.2, 0.25) is 5.91 Å². The van der Waals surface area contributed by atoms with Crippen molar-refractivity contribution in [1.29, 1.82) is 0 Å². The van der Waals surface area contributed by atoms with Crippen molar-refractivity contribution in [3.8, 4) is 0 Å². The molecule has 0 saturated heterocycles. The van der Waals surface area contributed by atoms with Gasteiger partial charge in [-0.25, -0.2) is 0 Å². The third kappa shape index (κ3) is 5.16. The number of halogens is 1. The van der Waals surface area contributed by atoms with Gasteiger partial charge in [0.1, 0.15) is 0 Å². The van der Waals surface area contributed by atoms with Crippen molar-refractivity contribution in [2.45, 2.75) is 32.2 Å². The molecule has 1 amide bonds. The molecule has 0 bridgehead atoms. The Morgan fingerprint density at radius 1 is 1.60 bits per heavy atom. The number of hydrogen-bond donors (Lipinski definition) is 2. The van der Waals surface area contributed by atoms with Crippen molar-refractivity contribution in [1.82, 2.24) is 0 Å². The molecule has 1 aromatic rings. The second-order valence-corrected chi connectivity index (χ2v) is 5.86. The summed E-state index contributed by atoms with van der Waals surface area (Å²) in [5, 5.41) is 3.55. The van der Waals surface area contributed by atoms with E-state index in [0.717, 1.165) is 5.00 Å². The zero-order chi connectivity index (χ0) is 11.5. The Bertz CT molecular complexity index is 343. The van der Waals surface area contributed by atoms with E-state index in [1.807, 2.05) is 13.8 Å². The van der Waals surface area contributed by atoms with E-state index >= 15 is 0 Å². The van der Waals surface area contributed by atoms with E-state index in [9.17, 15) is 4.79 Å². The van der Waals surface area contributed by atoms with E-state index in [4.69, 9.17) is 17.3 Å². The smallest absolute Gasteiger partial charge is 0.225 e. The Labute approximate surface area is 98.6 Å². The Morgan fingerprint density at radius 2 is 2.27 bits per heavy atom. The molecule has 0 fully saturated rings. The SMILES string of the molecule is CC(C)(N)CCC(=O)Nc1ccc(Cl)s1. The lowest BCUT2D eigenvalue weighted by Gasteiger charge is -2.17. The molecule has 0 aromatic carbocycles. The average Bonchev–Trinajstić information content (AvgIpc) is 2.47. The van der Waals surface area contributed by atoms with Gasteiger partial charge in [-0.15, -0.1) is 11.3 Å². The molecule has 0 aliphatic carbocycles. The summed E-state index contributed by atoms with van der Waals surface area (Å²) < 4.78 is 0.671. The fourth-order valence-electron chi connectivity index (χ4n) is 1.02. The van der Waals surface area contributed by atoms with Crippen molar-refractivity contribution < 1.29 is 4.79 Å². The van der Waals surface area contributed by atoms with Gasteiger partial charge in [-0.05, 0) is 32.4 Å². The van der Waals surface area contributed by atoms with Crippen molar-refractivity contribution in [3.63, 3.8) is 0 Å². The molecule has 3 N–H and O–H groups in total. The third-order valence-corrected chi connectivity index (χ3v) is 2.98. The highest BCUT2D eigenvalue weighted by atomic mass is 35.5. The predicted molar refractivity (Wildman–Crippen MR) is 65.5 cm³/mol. The van der Waals surface area contributed by atoms with Gasteiger partial charge in [0.25, 0.3) is 0 Å². The summed E-state index contributed by atoms with van der Waals surface area (Å²) in [5.41, 5.74) is 5.48. The second kappa shape index (κ2) is 4.96. The lowest BCUT2D eigenvalue weighted by molar-refractivity contribution is -0.116. The molecule has 5 heteroatoms. The lowest BCUT2D eigenvalue weighted by atomic mass is 10.00. The molecule has 84 valence electrons. The number of hydrogen-bond acceptors (Lipinski definition) is 3. The summed E-state index contributed by atoms with van der Waals surface area (Å²) in [5.74, 6) is -0.0213. The van der Waals surface area contributed by atoms with Crippen molar-refractivity contribution >= 4 is 33.8 Å². The molecule has 0 aliphatic heterocycles. The van der Waals surface area contributed by atoms with Crippen LogP contribution in [0.1, 0.15) is 26.7 Å². The van der Waals surface area contributed by atoms with E-state index in [-0.39, 0.29) is 11.4 Å². The Kier molecular flexibility index (Phi) is 4.13. The topological polar surface area (TPSA) is 55.1 Å². The number of anilines is 1. The number of carbonyl (C=O) groups excluding carboxylic acids is 1. The van der Waals surface area contributed by atoms with Crippen LogP contribution in [-0.2, 0) is 4.79 Å². The fourth-order valence-corrected chi connectivity index (χ4v) is 1.98. The minimum atomic E-state index is -0.301. The first kappa shape index (κ1) is 12.5. The molecule has 3 nitrogen and oxygen atoms in total. The van der Waals surface area contributed by atoms with E-state index < -0.39 is 0 Å². The van der Waals surface area contributed by atoms with Crippen LogP contribution in [0.5, 0.6) is 0 Å². The quantitative estimate of drug-likeness (QED) is 0.858. The van der Waals surface area contributed by atoms with Crippen LogP contribution in [0.3, 0.4) is 0 Å². The van der Waals surface area contributed by atoms with E-state index in [2.05, 4.69) is 5.32 Å². The summed E-state index contributed by atoms with van der Waals surface area (Å²) in [6.07, 6.45) is 1.09. The highest BCUT2D eigenvalue weighted by molar-refractivity contribution is 7.20. The second-order valence-electron chi connectivity index (χ2n) is 4.14. The maximum atomic E-state index is 11.5. The maximum absolute atomic E-state index is 11.5. The fraction of sp³-hybridized carbons (Fsp3) is 0.500. The van der Waals surface area contributed by atoms with Crippen LogP contribution in [0.15, 0.2) is 12.1 Å². The zero-order valence-corrected chi connectivity index (χ0v) is 10.4. The van der Waals surface area contributed by atoms with Crippen LogP contribution < -0.4 is 11.1 Å². The third-order valence-electron chi connectivity index (χ3n) is 1.83. The van der Waals surface area contributed by atoms with Gasteiger partial charge < -0.3 is 11.1 Å².